The van der Waals surface area contributed by atoms with Gasteiger partial charge in [-0.2, -0.15) is 0 Å². The van der Waals surface area contributed by atoms with Gasteiger partial charge < -0.3 is 15.8 Å². The Morgan fingerprint density at radius 2 is 1.80 bits per heavy atom. The van der Waals surface area contributed by atoms with Gasteiger partial charge in [-0.15, -0.1) is 0 Å². The van der Waals surface area contributed by atoms with Gasteiger partial charge >= 0.3 is 0 Å². The Hall–Kier alpha value is -1.42. The van der Waals surface area contributed by atoms with Crippen molar-refractivity contribution in [1.29, 1.82) is 0 Å². The van der Waals surface area contributed by atoms with Crippen LogP contribution in [0.4, 0.5) is 17.1 Å². The van der Waals surface area contributed by atoms with Crippen LogP contribution in [-0.2, 0) is 11.2 Å². The maximum atomic E-state index is 6.03. The molecule has 0 fully saturated rings. The van der Waals surface area contributed by atoms with Crippen LogP contribution in [0.2, 0.25) is 10.0 Å². The molecule has 2 aromatic carbocycles. The molecule has 2 rings (SSSR count). The Bertz CT molecular complexity index is 602. The van der Waals surface area contributed by atoms with Crippen molar-refractivity contribution >= 4 is 40.3 Å². The summed E-state index contributed by atoms with van der Waals surface area (Å²) in [6, 6.07) is 11.4. The summed E-state index contributed by atoms with van der Waals surface area (Å²) < 4.78 is 5.12. The lowest BCUT2D eigenvalue weighted by Gasteiger charge is -2.14. The van der Waals surface area contributed by atoms with Gasteiger partial charge in [0.15, 0.2) is 0 Å². The highest BCUT2D eigenvalue weighted by molar-refractivity contribution is 6.42. The number of nitrogen functional groups attached to an aromatic ring is 1. The van der Waals surface area contributed by atoms with E-state index in [1.54, 1.807) is 19.2 Å². The van der Waals surface area contributed by atoms with Crippen LogP contribution in [-0.4, -0.2) is 13.7 Å². The first kappa shape index (κ1) is 15.0. The van der Waals surface area contributed by atoms with Crippen molar-refractivity contribution in [2.24, 2.45) is 0 Å². The van der Waals surface area contributed by atoms with E-state index in [4.69, 9.17) is 33.7 Å². The molecule has 106 valence electrons. The molecule has 0 aromatic heterocycles. The number of hydrogen-bond acceptors (Lipinski definition) is 3. The topological polar surface area (TPSA) is 47.3 Å². The molecule has 0 saturated heterocycles. The number of ether oxygens (including phenoxy) is 1. The van der Waals surface area contributed by atoms with Crippen LogP contribution in [0.15, 0.2) is 36.4 Å². The molecule has 0 aliphatic heterocycles. The third-order valence-electron chi connectivity index (χ3n) is 2.95. The van der Waals surface area contributed by atoms with Gasteiger partial charge in [0.05, 0.1) is 28.0 Å². The van der Waals surface area contributed by atoms with Crippen molar-refractivity contribution in [1.82, 2.24) is 0 Å². The number of para-hydroxylation sites is 1. The van der Waals surface area contributed by atoms with Crippen LogP contribution >= 0.6 is 23.2 Å². The minimum atomic E-state index is 0.447. The Morgan fingerprint density at radius 3 is 2.55 bits per heavy atom. The smallest absolute Gasteiger partial charge is 0.0634 e. The molecule has 0 radical (unpaired) electrons. The van der Waals surface area contributed by atoms with E-state index in [1.165, 1.54) is 0 Å². The first-order valence-corrected chi connectivity index (χ1v) is 6.96. The Labute approximate surface area is 128 Å². The predicted octanol–water partition coefficient (Wildman–Crippen LogP) is 4.51. The zero-order valence-corrected chi connectivity index (χ0v) is 12.6. The average Bonchev–Trinajstić information content (AvgIpc) is 2.44. The number of methoxy groups -OCH3 is 1. The van der Waals surface area contributed by atoms with Crippen LogP contribution < -0.4 is 11.1 Å². The first-order valence-electron chi connectivity index (χ1n) is 6.20. The second kappa shape index (κ2) is 6.84. The number of nitrogens with two attached hydrogens (primary N) is 1. The van der Waals surface area contributed by atoms with Gasteiger partial charge in [-0.25, -0.2) is 0 Å². The van der Waals surface area contributed by atoms with Gasteiger partial charge in [0, 0.05) is 12.8 Å². The zero-order chi connectivity index (χ0) is 14.5. The lowest BCUT2D eigenvalue weighted by Crippen LogP contribution is -2.02. The van der Waals surface area contributed by atoms with Crippen LogP contribution in [0, 0.1) is 0 Å². The summed E-state index contributed by atoms with van der Waals surface area (Å²) in [4.78, 5) is 0. The van der Waals surface area contributed by atoms with E-state index in [-0.39, 0.29) is 0 Å². The van der Waals surface area contributed by atoms with E-state index in [0.717, 1.165) is 23.4 Å². The maximum Gasteiger partial charge on any atom is 0.0634 e. The quantitative estimate of drug-likeness (QED) is 0.799. The molecule has 0 heterocycles. The first-order chi connectivity index (χ1) is 9.61. The van der Waals surface area contributed by atoms with Crippen molar-refractivity contribution in [3.63, 3.8) is 0 Å². The summed E-state index contributed by atoms with van der Waals surface area (Å²) in [5.41, 5.74) is 9.39. The number of anilines is 3. The highest BCUT2D eigenvalue weighted by Gasteiger charge is 2.07. The van der Waals surface area contributed by atoms with Crippen LogP contribution in [0.1, 0.15) is 5.56 Å². The highest BCUT2D eigenvalue weighted by atomic mass is 35.5. The Morgan fingerprint density at radius 1 is 1.10 bits per heavy atom. The van der Waals surface area contributed by atoms with Crippen molar-refractivity contribution in [2.45, 2.75) is 6.42 Å². The molecule has 0 aliphatic rings. The summed E-state index contributed by atoms with van der Waals surface area (Å²) >= 11 is 12.0. The van der Waals surface area contributed by atoms with Crippen LogP contribution in [0.3, 0.4) is 0 Å². The van der Waals surface area contributed by atoms with Gasteiger partial charge in [-0.05, 0) is 30.2 Å². The van der Waals surface area contributed by atoms with Crippen molar-refractivity contribution in [3.05, 3.63) is 52.0 Å². The van der Waals surface area contributed by atoms with Gasteiger partial charge in [0.1, 0.15) is 0 Å². The molecule has 0 aliphatic carbocycles. The second-order valence-corrected chi connectivity index (χ2v) is 5.19. The van der Waals surface area contributed by atoms with Gasteiger partial charge in [-0.3, -0.25) is 0 Å². The fourth-order valence-electron chi connectivity index (χ4n) is 1.89. The molecule has 0 spiro atoms. The lowest BCUT2D eigenvalue weighted by molar-refractivity contribution is 0.202. The van der Waals surface area contributed by atoms with E-state index in [0.29, 0.717) is 22.3 Å². The third kappa shape index (κ3) is 3.57. The molecular formula is C15H16Cl2N2O. The summed E-state index contributed by atoms with van der Waals surface area (Å²) in [5, 5.41) is 4.21. The molecule has 3 N–H and O–H groups in total. The van der Waals surface area contributed by atoms with Crippen LogP contribution in [0.25, 0.3) is 0 Å². The SMILES string of the molecule is COCCc1ccccc1Nc1cc(Cl)c(Cl)cc1N. The van der Waals surface area contributed by atoms with Crippen LogP contribution in [0.5, 0.6) is 0 Å². The van der Waals surface area contributed by atoms with Crippen molar-refractivity contribution in [3.8, 4) is 0 Å². The number of rotatable bonds is 5. The third-order valence-corrected chi connectivity index (χ3v) is 3.68. The molecule has 20 heavy (non-hydrogen) atoms. The number of halogens is 2. The minimum absolute atomic E-state index is 0.447. The normalized spacial score (nSPS) is 10.6. The zero-order valence-electron chi connectivity index (χ0n) is 11.1. The molecule has 0 atom stereocenters. The Balaban J connectivity index is 2.28. The minimum Gasteiger partial charge on any atom is -0.397 e. The van der Waals surface area contributed by atoms with Crippen molar-refractivity contribution in [2.75, 3.05) is 24.8 Å². The predicted molar refractivity (Wildman–Crippen MR) is 86.2 cm³/mol. The fraction of sp³-hybridized carbons (Fsp3) is 0.200. The molecule has 5 heteroatoms. The van der Waals surface area contributed by atoms with Gasteiger partial charge in [0.25, 0.3) is 0 Å². The number of nitrogens with one attached hydrogen (secondary N) is 1. The summed E-state index contributed by atoms with van der Waals surface area (Å²) in [5.74, 6) is 0. The largest absolute Gasteiger partial charge is 0.397 e. The van der Waals surface area contributed by atoms with E-state index >= 15 is 0 Å². The molecule has 0 unspecified atom stereocenters. The second-order valence-electron chi connectivity index (χ2n) is 4.38. The summed E-state index contributed by atoms with van der Waals surface area (Å²) in [6.07, 6.45) is 0.820. The Kier molecular flexibility index (Phi) is 5.12. The van der Waals surface area contributed by atoms with E-state index in [2.05, 4.69) is 11.4 Å². The standard InChI is InChI=1S/C15H16Cl2N2O/c1-20-7-6-10-4-2-3-5-14(10)19-15-9-12(17)11(16)8-13(15)18/h2-5,8-9,19H,6-7,18H2,1H3. The molecule has 0 saturated carbocycles. The molecule has 3 nitrogen and oxygen atoms in total. The molecule has 0 amide bonds. The van der Waals surface area contributed by atoms with E-state index < -0.39 is 0 Å². The van der Waals surface area contributed by atoms with E-state index in [1.807, 2.05) is 18.2 Å². The lowest BCUT2D eigenvalue weighted by atomic mass is 10.1. The number of benzene rings is 2. The molecule has 2 aromatic rings. The van der Waals surface area contributed by atoms with Gasteiger partial charge in [-0.1, -0.05) is 41.4 Å². The fourth-order valence-corrected chi connectivity index (χ4v) is 2.22. The van der Waals surface area contributed by atoms with Crippen molar-refractivity contribution < 1.29 is 4.74 Å². The molecule has 0 bridgehead atoms. The van der Waals surface area contributed by atoms with Gasteiger partial charge in [0.2, 0.25) is 0 Å². The summed E-state index contributed by atoms with van der Waals surface area (Å²) in [6.45, 7) is 0.662. The van der Waals surface area contributed by atoms with E-state index in [9.17, 15) is 0 Å². The summed E-state index contributed by atoms with van der Waals surface area (Å²) in [7, 11) is 1.69. The molecular weight excluding hydrogens is 295 g/mol. The highest BCUT2D eigenvalue weighted by Crippen LogP contribution is 2.33. The average molecular weight is 311 g/mol. The monoisotopic (exact) mass is 310 g/mol. The maximum absolute atomic E-state index is 6.03. The number of hydrogen-bond donors (Lipinski definition) is 2.